The molecule has 0 aromatic heterocycles. The van der Waals surface area contributed by atoms with E-state index in [9.17, 15) is 0 Å². The van der Waals surface area contributed by atoms with Gasteiger partial charge in [0.1, 0.15) is 0 Å². The van der Waals surface area contributed by atoms with Crippen LogP contribution in [0.2, 0.25) is 0 Å². The van der Waals surface area contributed by atoms with Crippen molar-refractivity contribution in [2.75, 3.05) is 0 Å². The average molecular weight is 202 g/mol. The van der Waals surface area contributed by atoms with Crippen LogP contribution < -0.4 is 6.15 Å². The molecule has 0 unspecified atom stereocenters. The van der Waals surface area contributed by atoms with Crippen LogP contribution in [0.5, 0.6) is 0 Å². The van der Waals surface area contributed by atoms with Gasteiger partial charge in [0.15, 0.2) is 0 Å². The second kappa shape index (κ2) is 5.26. The van der Waals surface area contributed by atoms with Gasteiger partial charge in [-0.25, -0.2) is 0 Å². The molecule has 0 rings (SSSR count). The van der Waals surface area contributed by atoms with Crippen LogP contribution in [0.3, 0.4) is 0 Å². The van der Waals surface area contributed by atoms with Crippen molar-refractivity contribution in [2.24, 2.45) is 0 Å². The molecule has 43 valence electrons. The van der Waals surface area contributed by atoms with Crippen molar-refractivity contribution in [3.63, 3.8) is 0 Å². The first-order chi connectivity index (χ1) is 2.00. The molecule has 0 aliphatic carbocycles. The Bertz CT molecular complexity index is 27.2. The summed E-state index contributed by atoms with van der Waals surface area (Å²) in [6, 6.07) is 0. The van der Waals surface area contributed by atoms with Crippen LogP contribution in [0.15, 0.2) is 0 Å². The summed E-state index contributed by atoms with van der Waals surface area (Å²) in [7, 11) is -4.61. The fourth-order valence-electron chi connectivity index (χ4n) is 0. The minimum atomic E-state index is -4.61. The van der Waals surface area contributed by atoms with Crippen LogP contribution in [0.4, 0.5) is 0 Å². The maximum absolute atomic E-state index is 7.33. The quantitative estimate of drug-likeness (QED) is 0.279. The van der Waals surface area contributed by atoms with Crippen molar-refractivity contribution in [2.45, 2.75) is 0 Å². The molecule has 0 aromatic carbocycles. The summed E-state index contributed by atoms with van der Waals surface area (Å²) in [5.41, 5.74) is 0. The number of rotatable bonds is 0. The van der Waals surface area contributed by atoms with Gasteiger partial charge in [0.05, 0.1) is 0 Å². The van der Waals surface area contributed by atoms with E-state index in [2.05, 4.69) is 0 Å². The smallest absolute Gasteiger partial charge is 0.368 e. The predicted molar refractivity (Wildman–Crippen MR) is 19.7 cm³/mol. The SMILES string of the molecule is N.O[Si](O)(O)O.[Y]. The molecule has 5 nitrogen and oxygen atoms in total. The molecule has 0 heterocycles. The van der Waals surface area contributed by atoms with E-state index in [1.165, 1.54) is 0 Å². The second-order valence-corrected chi connectivity index (χ2v) is 1.80. The standard InChI is InChI=1S/H3N.H4O4Si.Y/c;1-5(2,3)4;/h1H3;1-4H;. The van der Waals surface area contributed by atoms with Gasteiger partial charge in [0, 0.05) is 32.7 Å². The zero-order valence-corrected chi connectivity index (χ0v) is 7.41. The minimum absolute atomic E-state index is 0. The van der Waals surface area contributed by atoms with Gasteiger partial charge in [-0.2, -0.15) is 0 Å². The largest absolute Gasteiger partial charge is 0.668 e. The summed E-state index contributed by atoms with van der Waals surface area (Å²) < 4.78 is 0. The predicted octanol–water partition coefficient (Wildman–Crippen LogP) is -2.45. The first-order valence-corrected chi connectivity index (χ1v) is 2.68. The van der Waals surface area contributed by atoms with Crippen LogP contribution >= 0.6 is 0 Å². The Labute approximate surface area is 66.9 Å². The van der Waals surface area contributed by atoms with Crippen molar-refractivity contribution in [1.82, 2.24) is 6.15 Å². The van der Waals surface area contributed by atoms with Gasteiger partial charge in [-0.1, -0.05) is 0 Å². The molecule has 1 radical (unpaired) electrons. The van der Waals surface area contributed by atoms with E-state index in [1.54, 1.807) is 0 Å². The molecule has 0 saturated heterocycles. The maximum Gasteiger partial charge on any atom is 0.668 e. The van der Waals surface area contributed by atoms with Crippen molar-refractivity contribution < 1.29 is 51.9 Å². The van der Waals surface area contributed by atoms with E-state index >= 15 is 0 Å². The van der Waals surface area contributed by atoms with E-state index in [0.29, 0.717) is 0 Å². The summed E-state index contributed by atoms with van der Waals surface area (Å²) in [5.74, 6) is 0. The van der Waals surface area contributed by atoms with E-state index in [-0.39, 0.29) is 38.9 Å². The van der Waals surface area contributed by atoms with Crippen molar-refractivity contribution in [3.05, 3.63) is 0 Å². The van der Waals surface area contributed by atoms with Crippen LogP contribution in [-0.4, -0.2) is 28.2 Å². The molecule has 0 atom stereocenters. The average Bonchev–Trinajstić information content (AvgIpc) is 0.722. The molecule has 0 aliphatic rings. The van der Waals surface area contributed by atoms with Crippen LogP contribution in [0, 0.1) is 0 Å². The molecule has 0 aromatic rings. The second-order valence-electron chi connectivity index (χ2n) is 0.600. The summed E-state index contributed by atoms with van der Waals surface area (Å²) in [6.45, 7) is 0. The van der Waals surface area contributed by atoms with Gasteiger partial charge in [0.2, 0.25) is 0 Å². The summed E-state index contributed by atoms with van der Waals surface area (Å²) in [4.78, 5) is 29.3. The Morgan fingerprint density at radius 3 is 0.857 bits per heavy atom. The Balaban J connectivity index is -0.0000000800. The third-order valence-electron chi connectivity index (χ3n) is 0. The zero-order valence-electron chi connectivity index (χ0n) is 3.57. The van der Waals surface area contributed by atoms with Crippen molar-refractivity contribution >= 4 is 9.05 Å². The van der Waals surface area contributed by atoms with Crippen LogP contribution in [0.25, 0.3) is 0 Å². The number of hydrogen-bond acceptors (Lipinski definition) is 5. The molecule has 0 amide bonds. The van der Waals surface area contributed by atoms with Crippen LogP contribution in [0.1, 0.15) is 0 Å². The van der Waals surface area contributed by atoms with E-state index in [1.807, 2.05) is 0 Å². The molecule has 7 heteroatoms. The topological polar surface area (TPSA) is 116 Å². The first kappa shape index (κ1) is 15.7. The molecule has 7 N–H and O–H groups in total. The summed E-state index contributed by atoms with van der Waals surface area (Å²) in [6.07, 6.45) is 0. The fraction of sp³-hybridized carbons (Fsp3) is 0. The monoisotopic (exact) mass is 202 g/mol. The van der Waals surface area contributed by atoms with Gasteiger partial charge >= 0.3 is 9.05 Å². The summed E-state index contributed by atoms with van der Waals surface area (Å²) in [5, 5.41) is 0. The van der Waals surface area contributed by atoms with Crippen molar-refractivity contribution in [3.8, 4) is 0 Å². The molecule has 0 aliphatic heterocycles. The zero-order chi connectivity index (χ0) is 4.50. The Kier molecular flexibility index (Phi) is 11.8. The van der Waals surface area contributed by atoms with E-state index < -0.39 is 9.05 Å². The fourth-order valence-corrected chi connectivity index (χ4v) is 0. The van der Waals surface area contributed by atoms with Crippen molar-refractivity contribution in [1.29, 1.82) is 0 Å². The van der Waals surface area contributed by atoms with E-state index in [0.717, 1.165) is 0 Å². The normalized spacial score (nSPS) is 8.57. The third kappa shape index (κ3) is 149. The van der Waals surface area contributed by atoms with Gasteiger partial charge < -0.3 is 25.3 Å². The molecule has 7 heavy (non-hydrogen) atoms. The Morgan fingerprint density at radius 1 is 0.857 bits per heavy atom. The maximum atomic E-state index is 7.33. The van der Waals surface area contributed by atoms with Gasteiger partial charge in [-0.05, 0) is 0 Å². The molecular weight excluding hydrogens is 195 g/mol. The van der Waals surface area contributed by atoms with Crippen LogP contribution in [-0.2, 0) is 32.7 Å². The third-order valence-corrected chi connectivity index (χ3v) is 0. The minimum Gasteiger partial charge on any atom is -0.368 e. The molecule has 0 spiro atoms. The molecule has 0 fully saturated rings. The summed E-state index contributed by atoms with van der Waals surface area (Å²) >= 11 is 0. The molecule has 0 saturated carbocycles. The molecule has 0 bridgehead atoms. The molecular formula is H7NO4SiY. The van der Waals surface area contributed by atoms with Gasteiger partial charge in [-0.3, -0.25) is 0 Å². The Hall–Kier alpha value is 1.12. The Morgan fingerprint density at radius 2 is 0.857 bits per heavy atom. The van der Waals surface area contributed by atoms with Gasteiger partial charge in [-0.15, -0.1) is 0 Å². The first-order valence-electron chi connectivity index (χ1n) is 0.894. The van der Waals surface area contributed by atoms with Gasteiger partial charge in [0.25, 0.3) is 0 Å². The van der Waals surface area contributed by atoms with E-state index in [4.69, 9.17) is 19.2 Å². The number of hydrogen-bond donors (Lipinski definition) is 5.